The Morgan fingerprint density at radius 3 is 2.90 bits per heavy atom. The summed E-state index contributed by atoms with van der Waals surface area (Å²) in [5.74, 6) is 0. The molecule has 114 valence electrons. The second-order valence-corrected chi connectivity index (χ2v) is 5.77. The summed E-state index contributed by atoms with van der Waals surface area (Å²) in [6.07, 6.45) is 5.09. The van der Waals surface area contributed by atoms with Gasteiger partial charge in [0, 0.05) is 36.4 Å². The summed E-state index contributed by atoms with van der Waals surface area (Å²) < 4.78 is 1.98. The van der Waals surface area contributed by atoms with Crippen molar-refractivity contribution in [2.45, 2.75) is 32.5 Å². The van der Waals surface area contributed by atoms with E-state index >= 15 is 0 Å². The van der Waals surface area contributed by atoms with Gasteiger partial charge in [0.1, 0.15) is 0 Å². The summed E-state index contributed by atoms with van der Waals surface area (Å²) in [6, 6.07) is 8.10. The minimum absolute atomic E-state index is 0.162. The highest BCUT2D eigenvalue weighted by atomic mass is 35.5. The Morgan fingerprint density at radius 1 is 1.43 bits per heavy atom. The molecule has 0 spiro atoms. The van der Waals surface area contributed by atoms with Crippen LogP contribution in [0.4, 0.5) is 0 Å². The van der Waals surface area contributed by atoms with Crippen LogP contribution in [-0.2, 0) is 13.1 Å². The summed E-state index contributed by atoms with van der Waals surface area (Å²) in [7, 11) is 2.08. The van der Waals surface area contributed by atoms with Crippen molar-refractivity contribution in [3.63, 3.8) is 0 Å². The number of halogens is 1. The number of aromatic nitrogens is 2. The van der Waals surface area contributed by atoms with E-state index in [4.69, 9.17) is 17.3 Å². The molecule has 0 aliphatic heterocycles. The molecule has 0 aliphatic carbocycles. The molecule has 1 aromatic carbocycles. The normalized spacial score (nSPS) is 12.8. The zero-order chi connectivity index (χ0) is 15.2. The predicted octanol–water partition coefficient (Wildman–Crippen LogP) is 3.08. The number of rotatable bonds is 7. The fourth-order valence-electron chi connectivity index (χ4n) is 2.51. The van der Waals surface area contributed by atoms with E-state index in [1.54, 1.807) is 0 Å². The van der Waals surface area contributed by atoms with E-state index in [1.165, 1.54) is 5.56 Å². The molecule has 0 aliphatic rings. The largest absolute Gasteiger partial charge is 0.329 e. The molecule has 2 N–H and O–H groups in total. The Morgan fingerprint density at radius 2 is 2.24 bits per heavy atom. The fraction of sp³-hybridized carbons (Fsp3) is 0.438. The first-order chi connectivity index (χ1) is 10.1. The summed E-state index contributed by atoms with van der Waals surface area (Å²) in [4.78, 5) is 2.24. The SMILES string of the molecule is CCCn1cc(C(CN)N(C)Cc2cccc(Cl)c2)cn1. The van der Waals surface area contributed by atoms with Crippen LogP contribution >= 0.6 is 11.6 Å². The molecule has 0 amide bonds. The monoisotopic (exact) mass is 306 g/mol. The first kappa shape index (κ1) is 16.0. The molecule has 4 nitrogen and oxygen atoms in total. The summed E-state index contributed by atoms with van der Waals surface area (Å²) >= 11 is 6.04. The van der Waals surface area contributed by atoms with Gasteiger partial charge in [-0.25, -0.2) is 0 Å². The highest BCUT2D eigenvalue weighted by molar-refractivity contribution is 6.30. The average Bonchev–Trinajstić information content (AvgIpc) is 2.88. The van der Waals surface area contributed by atoms with Crippen molar-refractivity contribution in [1.82, 2.24) is 14.7 Å². The zero-order valence-electron chi connectivity index (χ0n) is 12.7. The maximum atomic E-state index is 6.04. The van der Waals surface area contributed by atoms with Gasteiger partial charge in [-0.05, 0) is 31.2 Å². The topological polar surface area (TPSA) is 47.1 Å². The number of likely N-dealkylation sites (N-methyl/N-ethyl adjacent to an activating group) is 1. The molecule has 1 heterocycles. The highest BCUT2D eigenvalue weighted by Crippen LogP contribution is 2.21. The number of nitrogens with two attached hydrogens (primary N) is 1. The van der Waals surface area contributed by atoms with Crippen molar-refractivity contribution < 1.29 is 0 Å². The van der Waals surface area contributed by atoms with E-state index in [-0.39, 0.29) is 6.04 Å². The molecule has 0 bridgehead atoms. The first-order valence-electron chi connectivity index (χ1n) is 7.31. The van der Waals surface area contributed by atoms with Gasteiger partial charge in [0.05, 0.1) is 12.2 Å². The lowest BCUT2D eigenvalue weighted by molar-refractivity contribution is 0.241. The van der Waals surface area contributed by atoms with Gasteiger partial charge in [0.25, 0.3) is 0 Å². The van der Waals surface area contributed by atoms with E-state index < -0.39 is 0 Å². The molecular weight excluding hydrogens is 284 g/mol. The summed E-state index contributed by atoms with van der Waals surface area (Å²) in [5.41, 5.74) is 8.31. The minimum Gasteiger partial charge on any atom is -0.329 e. The number of aryl methyl sites for hydroxylation is 1. The molecule has 0 radical (unpaired) electrons. The second-order valence-electron chi connectivity index (χ2n) is 5.33. The minimum atomic E-state index is 0.162. The molecule has 0 saturated carbocycles. The zero-order valence-corrected chi connectivity index (χ0v) is 13.4. The van der Waals surface area contributed by atoms with E-state index in [2.05, 4.69) is 36.2 Å². The smallest absolute Gasteiger partial charge is 0.0538 e. The van der Waals surface area contributed by atoms with Gasteiger partial charge < -0.3 is 5.73 Å². The molecular formula is C16H23ClN4. The Bertz CT molecular complexity index is 567. The molecule has 0 fully saturated rings. The lowest BCUT2D eigenvalue weighted by Gasteiger charge is -2.26. The van der Waals surface area contributed by atoms with Crippen LogP contribution < -0.4 is 5.73 Å². The Balaban J connectivity index is 2.08. The van der Waals surface area contributed by atoms with Crippen molar-refractivity contribution in [3.8, 4) is 0 Å². The van der Waals surface area contributed by atoms with Gasteiger partial charge in [-0.3, -0.25) is 9.58 Å². The molecule has 1 atom stereocenters. The Hall–Kier alpha value is -1.36. The molecule has 21 heavy (non-hydrogen) atoms. The van der Waals surface area contributed by atoms with E-state index in [9.17, 15) is 0 Å². The molecule has 2 aromatic rings. The predicted molar refractivity (Wildman–Crippen MR) is 87.2 cm³/mol. The van der Waals surface area contributed by atoms with E-state index in [0.29, 0.717) is 6.54 Å². The second kappa shape index (κ2) is 7.59. The van der Waals surface area contributed by atoms with E-state index in [1.807, 2.05) is 29.1 Å². The van der Waals surface area contributed by atoms with Crippen molar-refractivity contribution in [2.75, 3.05) is 13.6 Å². The van der Waals surface area contributed by atoms with Crippen LogP contribution in [0.2, 0.25) is 5.02 Å². The molecule has 1 aromatic heterocycles. The molecule has 1 unspecified atom stereocenters. The van der Waals surface area contributed by atoms with Crippen LogP contribution in [0.5, 0.6) is 0 Å². The van der Waals surface area contributed by atoms with Gasteiger partial charge in [0.15, 0.2) is 0 Å². The van der Waals surface area contributed by atoms with Crippen LogP contribution in [0.15, 0.2) is 36.7 Å². The Labute approximate surface area is 131 Å². The van der Waals surface area contributed by atoms with Gasteiger partial charge >= 0.3 is 0 Å². The quantitative estimate of drug-likeness (QED) is 0.855. The van der Waals surface area contributed by atoms with Crippen molar-refractivity contribution in [2.24, 2.45) is 5.73 Å². The fourth-order valence-corrected chi connectivity index (χ4v) is 2.72. The lowest BCUT2D eigenvalue weighted by atomic mass is 10.1. The Kier molecular flexibility index (Phi) is 5.79. The average molecular weight is 307 g/mol. The van der Waals surface area contributed by atoms with Crippen LogP contribution in [0, 0.1) is 0 Å². The number of nitrogens with zero attached hydrogens (tertiary/aromatic N) is 3. The third-order valence-corrected chi connectivity index (χ3v) is 3.80. The van der Waals surface area contributed by atoms with Gasteiger partial charge in [-0.1, -0.05) is 30.7 Å². The van der Waals surface area contributed by atoms with Gasteiger partial charge in [-0.2, -0.15) is 5.10 Å². The van der Waals surface area contributed by atoms with Crippen LogP contribution in [0.1, 0.15) is 30.5 Å². The number of hydrogen-bond donors (Lipinski definition) is 1. The van der Waals surface area contributed by atoms with Gasteiger partial charge in [-0.15, -0.1) is 0 Å². The number of benzene rings is 1. The maximum absolute atomic E-state index is 6.04. The summed E-state index contributed by atoms with van der Waals surface area (Å²) in [5, 5.41) is 5.16. The molecule has 2 rings (SSSR count). The molecule has 5 heteroatoms. The van der Waals surface area contributed by atoms with Crippen molar-refractivity contribution >= 4 is 11.6 Å². The highest BCUT2D eigenvalue weighted by Gasteiger charge is 2.17. The maximum Gasteiger partial charge on any atom is 0.0538 e. The first-order valence-corrected chi connectivity index (χ1v) is 7.69. The van der Waals surface area contributed by atoms with Crippen LogP contribution in [0.3, 0.4) is 0 Å². The van der Waals surface area contributed by atoms with Crippen LogP contribution in [-0.4, -0.2) is 28.3 Å². The van der Waals surface area contributed by atoms with E-state index in [0.717, 1.165) is 30.1 Å². The van der Waals surface area contributed by atoms with Crippen molar-refractivity contribution in [3.05, 3.63) is 52.8 Å². The number of hydrogen-bond acceptors (Lipinski definition) is 3. The lowest BCUT2D eigenvalue weighted by Crippen LogP contribution is -2.30. The van der Waals surface area contributed by atoms with Crippen molar-refractivity contribution in [1.29, 1.82) is 0 Å². The molecule has 0 saturated heterocycles. The van der Waals surface area contributed by atoms with Crippen LogP contribution in [0.25, 0.3) is 0 Å². The standard InChI is InChI=1S/C16H23ClN4/c1-3-7-21-12-14(10-19-21)16(9-18)20(2)11-13-5-4-6-15(17)8-13/h4-6,8,10,12,16H,3,7,9,11,18H2,1-2H3. The summed E-state index contributed by atoms with van der Waals surface area (Å²) in [6.45, 7) is 4.46. The van der Waals surface area contributed by atoms with Gasteiger partial charge in [0.2, 0.25) is 0 Å². The third-order valence-electron chi connectivity index (χ3n) is 3.57. The third kappa shape index (κ3) is 4.30.